The molecule has 4 heteroatoms. The Morgan fingerprint density at radius 3 is 2.46 bits per heavy atom. The molecule has 0 unspecified atom stereocenters. The Balaban J connectivity index is 1.57. The predicted octanol–water partition coefficient (Wildman–Crippen LogP) is 4.36. The van der Waals surface area contributed by atoms with E-state index in [1.54, 1.807) is 10.6 Å². The van der Waals surface area contributed by atoms with Crippen molar-refractivity contribution in [1.29, 1.82) is 0 Å². The van der Waals surface area contributed by atoms with Crippen LogP contribution >= 0.6 is 0 Å². The minimum atomic E-state index is -0.314. The summed E-state index contributed by atoms with van der Waals surface area (Å²) in [5, 5.41) is 0. The maximum Gasteiger partial charge on any atom is 0.419 e. The number of hydrogen-bond donors (Lipinski definition) is 0. The molecule has 0 N–H and O–H groups in total. The molecule has 1 aromatic heterocycles. The van der Waals surface area contributed by atoms with Gasteiger partial charge in [0.05, 0.1) is 12.1 Å². The summed E-state index contributed by atoms with van der Waals surface area (Å²) in [6.45, 7) is 7.71. The van der Waals surface area contributed by atoms with E-state index in [4.69, 9.17) is 9.15 Å². The number of aryl methyl sites for hydroxylation is 1. The molecule has 0 aliphatic carbocycles. The maximum atomic E-state index is 11.9. The van der Waals surface area contributed by atoms with E-state index in [1.165, 1.54) is 5.56 Å². The zero-order valence-corrected chi connectivity index (χ0v) is 14.4. The molecule has 0 amide bonds. The van der Waals surface area contributed by atoms with Crippen LogP contribution < -0.4 is 10.5 Å². The first-order chi connectivity index (χ1) is 11.4. The van der Waals surface area contributed by atoms with Gasteiger partial charge in [0, 0.05) is 6.54 Å². The van der Waals surface area contributed by atoms with Gasteiger partial charge in [-0.25, -0.2) is 4.79 Å². The largest absolute Gasteiger partial charge is 0.494 e. The van der Waals surface area contributed by atoms with E-state index in [0.717, 1.165) is 17.7 Å². The van der Waals surface area contributed by atoms with E-state index in [9.17, 15) is 4.79 Å². The maximum absolute atomic E-state index is 11.9. The van der Waals surface area contributed by atoms with Crippen LogP contribution in [0.3, 0.4) is 0 Å². The number of hydrogen-bond acceptors (Lipinski definition) is 3. The number of oxazole rings is 1. The molecular formula is C20H23NO3. The summed E-state index contributed by atoms with van der Waals surface area (Å²) in [5.41, 5.74) is 2.88. The highest BCUT2D eigenvalue weighted by Crippen LogP contribution is 2.24. The minimum absolute atomic E-state index is 0.141. The number of benzene rings is 2. The van der Waals surface area contributed by atoms with Gasteiger partial charge in [-0.3, -0.25) is 4.57 Å². The SMILES string of the molecule is CC(C)(C)c1ccc(OCCCn2c(=O)oc3ccccc32)cc1. The molecule has 4 nitrogen and oxygen atoms in total. The van der Waals surface area contributed by atoms with Crippen LogP contribution in [0.4, 0.5) is 0 Å². The lowest BCUT2D eigenvalue weighted by atomic mass is 9.87. The molecule has 0 atom stereocenters. The van der Waals surface area contributed by atoms with Crippen LogP contribution in [0.5, 0.6) is 5.75 Å². The third kappa shape index (κ3) is 3.53. The van der Waals surface area contributed by atoms with Crippen molar-refractivity contribution in [3.05, 3.63) is 64.6 Å². The first-order valence-corrected chi connectivity index (χ1v) is 8.27. The summed E-state index contributed by atoms with van der Waals surface area (Å²) in [4.78, 5) is 11.9. The average Bonchev–Trinajstić information content (AvgIpc) is 2.87. The van der Waals surface area contributed by atoms with Gasteiger partial charge >= 0.3 is 5.76 Å². The molecule has 0 radical (unpaired) electrons. The van der Waals surface area contributed by atoms with Crippen molar-refractivity contribution < 1.29 is 9.15 Å². The Kier molecular flexibility index (Phi) is 4.47. The summed E-state index contributed by atoms with van der Waals surface area (Å²) >= 11 is 0. The normalized spacial score (nSPS) is 11.8. The van der Waals surface area contributed by atoms with Gasteiger partial charge in [0.1, 0.15) is 5.75 Å². The van der Waals surface area contributed by atoms with Crippen LogP contribution in [0.25, 0.3) is 11.1 Å². The topological polar surface area (TPSA) is 44.4 Å². The van der Waals surface area contributed by atoms with Gasteiger partial charge in [0.15, 0.2) is 5.58 Å². The first-order valence-electron chi connectivity index (χ1n) is 8.27. The van der Waals surface area contributed by atoms with E-state index in [-0.39, 0.29) is 11.2 Å². The molecular weight excluding hydrogens is 302 g/mol. The number of rotatable bonds is 5. The molecule has 0 bridgehead atoms. The van der Waals surface area contributed by atoms with E-state index in [1.807, 2.05) is 30.3 Å². The Bertz CT molecular complexity index is 866. The summed E-state index contributed by atoms with van der Waals surface area (Å²) in [6, 6.07) is 15.7. The number of para-hydroxylation sites is 2. The second-order valence-electron chi connectivity index (χ2n) is 6.96. The van der Waals surface area contributed by atoms with Gasteiger partial charge < -0.3 is 9.15 Å². The molecule has 24 heavy (non-hydrogen) atoms. The third-order valence-electron chi connectivity index (χ3n) is 4.09. The second kappa shape index (κ2) is 6.56. The fourth-order valence-electron chi connectivity index (χ4n) is 2.69. The summed E-state index contributed by atoms with van der Waals surface area (Å²) < 4.78 is 12.7. The second-order valence-corrected chi connectivity index (χ2v) is 6.96. The van der Waals surface area contributed by atoms with Crippen molar-refractivity contribution >= 4 is 11.1 Å². The molecule has 0 aliphatic rings. The molecule has 2 aromatic carbocycles. The molecule has 0 spiro atoms. The van der Waals surface area contributed by atoms with Gasteiger partial charge in [-0.1, -0.05) is 45.0 Å². The Hall–Kier alpha value is -2.49. The molecule has 1 heterocycles. The van der Waals surface area contributed by atoms with Crippen LogP contribution in [0.2, 0.25) is 0 Å². The zero-order valence-electron chi connectivity index (χ0n) is 14.4. The van der Waals surface area contributed by atoms with Crippen molar-refractivity contribution in [2.75, 3.05) is 6.61 Å². The number of ether oxygens (including phenoxy) is 1. The van der Waals surface area contributed by atoms with Crippen molar-refractivity contribution in [3.8, 4) is 5.75 Å². The summed E-state index contributed by atoms with van der Waals surface area (Å²) in [6.07, 6.45) is 0.741. The smallest absolute Gasteiger partial charge is 0.419 e. The fourth-order valence-corrected chi connectivity index (χ4v) is 2.69. The van der Waals surface area contributed by atoms with Crippen molar-refractivity contribution in [3.63, 3.8) is 0 Å². The first kappa shape index (κ1) is 16.4. The van der Waals surface area contributed by atoms with E-state index in [0.29, 0.717) is 18.7 Å². The molecule has 0 aliphatic heterocycles. The van der Waals surface area contributed by atoms with Gasteiger partial charge in [0.25, 0.3) is 0 Å². The number of nitrogens with zero attached hydrogens (tertiary/aromatic N) is 1. The Morgan fingerprint density at radius 2 is 1.75 bits per heavy atom. The lowest BCUT2D eigenvalue weighted by Crippen LogP contribution is -2.16. The fraction of sp³-hybridized carbons (Fsp3) is 0.350. The standard InChI is InChI=1S/C20H23NO3/c1-20(2,3)15-9-11-16(12-10-15)23-14-6-13-21-17-7-4-5-8-18(17)24-19(21)22/h4-5,7-12H,6,13-14H2,1-3H3. The lowest BCUT2D eigenvalue weighted by Gasteiger charge is -2.19. The van der Waals surface area contributed by atoms with Gasteiger partial charge in [-0.05, 0) is 41.7 Å². The van der Waals surface area contributed by atoms with Crippen LogP contribution in [0.15, 0.2) is 57.7 Å². The monoisotopic (exact) mass is 325 g/mol. The van der Waals surface area contributed by atoms with Crippen LogP contribution in [0.1, 0.15) is 32.8 Å². The van der Waals surface area contributed by atoms with Crippen molar-refractivity contribution in [2.45, 2.75) is 39.2 Å². The van der Waals surface area contributed by atoms with Crippen LogP contribution in [0, 0.1) is 0 Å². The molecule has 0 saturated carbocycles. The molecule has 0 saturated heterocycles. The molecule has 3 rings (SSSR count). The Labute approximate surface area is 141 Å². The van der Waals surface area contributed by atoms with E-state index < -0.39 is 0 Å². The molecule has 126 valence electrons. The van der Waals surface area contributed by atoms with Gasteiger partial charge in [-0.15, -0.1) is 0 Å². The Morgan fingerprint density at radius 1 is 1.04 bits per heavy atom. The number of aromatic nitrogens is 1. The van der Waals surface area contributed by atoms with Crippen LogP contribution in [-0.4, -0.2) is 11.2 Å². The van der Waals surface area contributed by atoms with Crippen molar-refractivity contribution in [1.82, 2.24) is 4.57 Å². The van der Waals surface area contributed by atoms with E-state index >= 15 is 0 Å². The van der Waals surface area contributed by atoms with Gasteiger partial charge in [0.2, 0.25) is 0 Å². The minimum Gasteiger partial charge on any atom is -0.494 e. The lowest BCUT2D eigenvalue weighted by molar-refractivity contribution is 0.300. The third-order valence-corrected chi connectivity index (χ3v) is 4.09. The molecule has 0 fully saturated rings. The van der Waals surface area contributed by atoms with Crippen LogP contribution in [-0.2, 0) is 12.0 Å². The number of fused-ring (bicyclic) bond motifs is 1. The summed E-state index contributed by atoms with van der Waals surface area (Å²) in [5.74, 6) is 0.540. The summed E-state index contributed by atoms with van der Waals surface area (Å²) in [7, 11) is 0. The van der Waals surface area contributed by atoms with E-state index in [2.05, 4.69) is 32.9 Å². The predicted molar refractivity (Wildman–Crippen MR) is 95.7 cm³/mol. The highest BCUT2D eigenvalue weighted by Gasteiger charge is 2.13. The highest BCUT2D eigenvalue weighted by atomic mass is 16.5. The average molecular weight is 325 g/mol. The zero-order chi connectivity index (χ0) is 17.2. The van der Waals surface area contributed by atoms with Crippen molar-refractivity contribution in [2.24, 2.45) is 0 Å². The highest BCUT2D eigenvalue weighted by molar-refractivity contribution is 5.72. The quantitative estimate of drug-likeness (QED) is 0.655. The molecule has 3 aromatic rings. The van der Waals surface area contributed by atoms with Gasteiger partial charge in [-0.2, -0.15) is 0 Å².